The molecule has 1 aromatic heterocycles. The van der Waals surface area contributed by atoms with E-state index < -0.39 is 0 Å². The zero-order chi connectivity index (χ0) is 34.5. The Morgan fingerprint density at radius 3 is 1.73 bits per heavy atom. The van der Waals surface area contributed by atoms with Crippen LogP contribution in [0, 0.1) is 11.3 Å². The van der Waals surface area contributed by atoms with Crippen molar-refractivity contribution in [1.29, 1.82) is 5.26 Å². The number of hydrogen-bond acceptors (Lipinski definition) is 4. The van der Waals surface area contributed by atoms with Gasteiger partial charge in [-0.1, -0.05) is 153 Å². The van der Waals surface area contributed by atoms with Gasteiger partial charge in [0.25, 0.3) is 0 Å². The topological polar surface area (TPSA) is 62.5 Å². The van der Waals surface area contributed by atoms with Crippen molar-refractivity contribution < 1.29 is 0 Å². The molecule has 0 spiro atoms. The summed E-state index contributed by atoms with van der Waals surface area (Å²) in [7, 11) is 0. The monoisotopic (exact) mass is 652 g/mol. The largest absolute Gasteiger partial charge is 0.208 e. The minimum Gasteiger partial charge on any atom is -0.208 e. The summed E-state index contributed by atoms with van der Waals surface area (Å²) in [5.74, 6) is 1.91. The molecule has 1 aliphatic rings. The quantitative estimate of drug-likeness (QED) is 0.186. The van der Waals surface area contributed by atoms with Crippen LogP contribution in [0.5, 0.6) is 0 Å². The summed E-state index contributed by atoms with van der Waals surface area (Å²) in [6.07, 6.45) is 0. The molecule has 0 N–H and O–H groups in total. The van der Waals surface area contributed by atoms with Crippen LogP contribution in [0.15, 0.2) is 158 Å². The van der Waals surface area contributed by atoms with E-state index in [-0.39, 0.29) is 5.41 Å². The molecule has 0 unspecified atom stereocenters. The first-order valence-electron chi connectivity index (χ1n) is 17.2. The van der Waals surface area contributed by atoms with Crippen molar-refractivity contribution in [3.63, 3.8) is 0 Å². The van der Waals surface area contributed by atoms with E-state index >= 15 is 0 Å². The number of aromatic nitrogens is 3. The highest BCUT2D eigenvalue weighted by atomic mass is 15.0. The molecule has 0 bridgehead atoms. The Balaban J connectivity index is 1.10. The van der Waals surface area contributed by atoms with Gasteiger partial charge in [0, 0.05) is 27.7 Å². The molecule has 7 aromatic carbocycles. The van der Waals surface area contributed by atoms with Crippen LogP contribution in [0.4, 0.5) is 0 Å². The average molecular weight is 653 g/mol. The Labute approximate surface area is 297 Å². The van der Waals surface area contributed by atoms with Crippen molar-refractivity contribution in [3.05, 3.63) is 174 Å². The molecule has 1 aliphatic carbocycles. The maximum Gasteiger partial charge on any atom is 0.164 e. The zero-order valence-electron chi connectivity index (χ0n) is 28.3. The van der Waals surface area contributed by atoms with Crippen LogP contribution in [0.3, 0.4) is 0 Å². The van der Waals surface area contributed by atoms with Crippen molar-refractivity contribution in [2.24, 2.45) is 0 Å². The molecular weight excluding hydrogens is 621 g/mol. The predicted molar refractivity (Wildman–Crippen MR) is 207 cm³/mol. The van der Waals surface area contributed by atoms with Crippen LogP contribution in [0.25, 0.3) is 78.3 Å². The first kappa shape index (κ1) is 30.4. The molecule has 0 saturated carbocycles. The average Bonchev–Trinajstić information content (AvgIpc) is 3.44. The minimum absolute atomic E-state index is 0.190. The normalized spacial score (nSPS) is 12.6. The minimum atomic E-state index is -0.190. The van der Waals surface area contributed by atoms with Crippen LogP contribution in [0.1, 0.15) is 30.5 Å². The van der Waals surface area contributed by atoms with Gasteiger partial charge in [-0.3, -0.25) is 0 Å². The van der Waals surface area contributed by atoms with Gasteiger partial charge < -0.3 is 0 Å². The van der Waals surface area contributed by atoms with Crippen molar-refractivity contribution in [1.82, 2.24) is 15.0 Å². The molecule has 51 heavy (non-hydrogen) atoms. The first-order chi connectivity index (χ1) is 25.0. The number of nitriles is 1. The fourth-order valence-corrected chi connectivity index (χ4v) is 7.52. The highest BCUT2D eigenvalue weighted by Gasteiger charge is 2.38. The van der Waals surface area contributed by atoms with Crippen LogP contribution < -0.4 is 0 Å². The molecule has 0 aliphatic heterocycles. The van der Waals surface area contributed by atoms with E-state index in [1.165, 1.54) is 16.5 Å². The molecule has 0 atom stereocenters. The molecule has 4 nitrogen and oxygen atoms in total. The third kappa shape index (κ3) is 5.19. The van der Waals surface area contributed by atoms with Crippen molar-refractivity contribution in [2.45, 2.75) is 19.3 Å². The van der Waals surface area contributed by atoms with Gasteiger partial charge in [-0.25, -0.2) is 15.0 Å². The zero-order valence-corrected chi connectivity index (χ0v) is 28.3. The summed E-state index contributed by atoms with van der Waals surface area (Å²) in [6.45, 7) is 4.50. The fraction of sp³-hybridized carbons (Fsp3) is 0.0638. The van der Waals surface area contributed by atoms with Crippen LogP contribution >= 0.6 is 0 Å². The SMILES string of the molecule is CC1(C)c2cccc(C#N)c2-c2c(-c3cccc(-c4ccc(-c5nc(-c6ccccc6)nc(-c6ccc7ccccc7c6)n5)cc4)c3)cccc21. The maximum atomic E-state index is 10.1. The summed E-state index contributed by atoms with van der Waals surface area (Å²) in [4.78, 5) is 14.9. The molecule has 0 amide bonds. The fourth-order valence-electron chi connectivity index (χ4n) is 7.52. The summed E-state index contributed by atoms with van der Waals surface area (Å²) in [5.41, 5.74) is 12.5. The number of nitrogens with zero attached hydrogens (tertiary/aromatic N) is 4. The highest BCUT2D eigenvalue weighted by Crippen LogP contribution is 2.53. The summed E-state index contributed by atoms with van der Waals surface area (Å²) in [5, 5.41) is 12.4. The molecule has 0 saturated heterocycles. The van der Waals surface area contributed by atoms with Gasteiger partial charge in [-0.05, 0) is 67.9 Å². The number of benzene rings is 7. The Bertz CT molecular complexity index is 2670. The molecule has 4 heteroatoms. The first-order valence-corrected chi connectivity index (χ1v) is 17.2. The van der Waals surface area contributed by atoms with Gasteiger partial charge in [-0.2, -0.15) is 5.26 Å². The van der Waals surface area contributed by atoms with E-state index in [4.69, 9.17) is 15.0 Å². The van der Waals surface area contributed by atoms with Gasteiger partial charge in [-0.15, -0.1) is 0 Å². The third-order valence-corrected chi connectivity index (χ3v) is 10.2. The van der Waals surface area contributed by atoms with Crippen LogP contribution in [-0.2, 0) is 5.41 Å². The van der Waals surface area contributed by atoms with Crippen LogP contribution in [0.2, 0.25) is 0 Å². The van der Waals surface area contributed by atoms with Gasteiger partial charge in [0.1, 0.15) is 0 Å². The molecule has 8 aromatic rings. The molecule has 0 fully saturated rings. The summed E-state index contributed by atoms with van der Waals surface area (Å²) in [6, 6.07) is 56.9. The highest BCUT2D eigenvalue weighted by molar-refractivity contribution is 5.95. The van der Waals surface area contributed by atoms with E-state index in [0.717, 1.165) is 61.0 Å². The standard InChI is InChI=1S/C47H32N4/c1-47(2)40-19-9-17-38(29-48)42(40)43-39(18-10-20-41(43)47)36-16-8-15-35(27-36)31-21-24-33(25-22-31)45-49-44(32-12-4-3-5-13-32)50-46(51-45)37-26-23-30-11-6-7-14-34(30)28-37/h3-28H,1-2H3. The second kappa shape index (κ2) is 12.0. The van der Waals surface area contributed by atoms with Gasteiger partial charge in [0.05, 0.1) is 11.6 Å². The van der Waals surface area contributed by atoms with Crippen molar-refractivity contribution in [3.8, 4) is 73.6 Å². The van der Waals surface area contributed by atoms with Crippen molar-refractivity contribution in [2.75, 3.05) is 0 Å². The molecule has 9 rings (SSSR count). The van der Waals surface area contributed by atoms with Gasteiger partial charge in [0.2, 0.25) is 0 Å². The Kier molecular flexibility index (Phi) is 7.15. The number of rotatable bonds is 5. The van der Waals surface area contributed by atoms with Gasteiger partial charge >= 0.3 is 0 Å². The summed E-state index contributed by atoms with van der Waals surface area (Å²) >= 11 is 0. The second-order valence-corrected chi connectivity index (χ2v) is 13.6. The van der Waals surface area contributed by atoms with Crippen LogP contribution in [-0.4, -0.2) is 15.0 Å². The second-order valence-electron chi connectivity index (χ2n) is 13.6. The number of hydrogen-bond donors (Lipinski definition) is 0. The predicted octanol–water partition coefficient (Wildman–Crippen LogP) is 11.5. The van der Waals surface area contributed by atoms with E-state index in [1.54, 1.807) is 0 Å². The lowest BCUT2D eigenvalue weighted by Crippen LogP contribution is -2.14. The third-order valence-electron chi connectivity index (χ3n) is 10.2. The van der Waals surface area contributed by atoms with Crippen molar-refractivity contribution >= 4 is 10.8 Å². The molecular formula is C47H32N4. The Morgan fingerprint density at radius 1 is 0.431 bits per heavy atom. The Morgan fingerprint density at radius 2 is 0.980 bits per heavy atom. The lowest BCUT2D eigenvalue weighted by atomic mass is 9.82. The van der Waals surface area contributed by atoms with E-state index in [0.29, 0.717) is 17.5 Å². The lowest BCUT2D eigenvalue weighted by molar-refractivity contribution is 0.660. The molecule has 0 radical (unpaired) electrons. The summed E-state index contributed by atoms with van der Waals surface area (Å²) < 4.78 is 0. The Hall–Kier alpha value is -6.70. The smallest absolute Gasteiger partial charge is 0.164 e. The van der Waals surface area contributed by atoms with E-state index in [1.807, 2.05) is 48.5 Å². The van der Waals surface area contributed by atoms with E-state index in [2.05, 4.69) is 129 Å². The maximum absolute atomic E-state index is 10.1. The molecule has 1 heterocycles. The van der Waals surface area contributed by atoms with E-state index in [9.17, 15) is 5.26 Å². The lowest BCUT2D eigenvalue weighted by Gasteiger charge is -2.21. The van der Waals surface area contributed by atoms with Gasteiger partial charge in [0.15, 0.2) is 17.5 Å². The number of fused-ring (bicyclic) bond motifs is 4. The molecule has 240 valence electrons.